The summed E-state index contributed by atoms with van der Waals surface area (Å²) in [4.78, 5) is 2.07. The molecule has 3 atom stereocenters. The molecular formula is C14H20F2N2O. The highest BCUT2D eigenvalue weighted by Gasteiger charge is 2.30. The Bertz CT molecular complexity index is 431. The molecule has 1 saturated heterocycles. The maximum atomic E-state index is 13.9. The summed E-state index contributed by atoms with van der Waals surface area (Å²) in [7, 11) is 0. The largest absolute Gasteiger partial charge is 0.373 e. The van der Waals surface area contributed by atoms with E-state index in [0.29, 0.717) is 18.7 Å². The Morgan fingerprint density at radius 2 is 1.95 bits per heavy atom. The van der Waals surface area contributed by atoms with Gasteiger partial charge in [0, 0.05) is 25.2 Å². The van der Waals surface area contributed by atoms with E-state index in [2.05, 4.69) is 4.90 Å². The lowest BCUT2D eigenvalue weighted by molar-refractivity contribution is -0.0803. The van der Waals surface area contributed by atoms with Gasteiger partial charge in [-0.1, -0.05) is 12.1 Å². The molecule has 2 N–H and O–H groups in total. The van der Waals surface area contributed by atoms with Crippen molar-refractivity contribution in [3.63, 3.8) is 0 Å². The van der Waals surface area contributed by atoms with Crippen LogP contribution in [0.1, 0.15) is 25.5 Å². The Hall–Kier alpha value is -1.04. The van der Waals surface area contributed by atoms with Crippen LogP contribution in [0.4, 0.5) is 8.78 Å². The second kappa shape index (κ2) is 5.94. The van der Waals surface area contributed by atoms with E-state index in [4.69, 9.17) is 10.5 Å². The molecule has 1 aliphatic rings. The van der Waals surface area contributed by atoms with Gasteiger partial charge >= 0.3 is 0 Å². The maximum Gasteiger partial charge on any atom is 0.163 e. The minimum Gasteiger partial charge on any atom is -0.373 e. The second-order valence-corrected chi connectivity index (χ2v) is 5.11. The topological polar surface area (TPSA) is 38.5 Å². The number of nitrogens with two attached hydrogens (primary N) is 1. The third-order valence-corrected chi connectivity index (χ3v) is 3.45. The lowest BCUT2D eigenvalue weighted by Gasteiger charge is -2.40. The lowest BCUT2D eigenvalue weighted by Crippen LogP contribution is -2.48. The van der Waals surface area contributed by atoms with Crippen LogP contribution in [-0.2, 0) is 4.74 Å². The van der Waals surface area contributed by atoms with Crippen molar-refractivity contribution in [2.45, 2.75) is 32.1 Å². The van der Waals surface area contributed by atoms with Crippen molar-refractivity contribution in [2.24, 2.45) is 5.73 Å². The molecule has 2 rings (SSSR count). The Balaban J connectivity index is 2.26. The molecule has 1 aromatic carbocycles. The zero-order chi connectivity index (χ0) is 14.0. The summed E-state index contributed by atoms with van der Waals surface area (Å²) in [5.74, 6) is -1.63. The van der Waals surface area contributed by atoms with Crippen LogP contribution in [0.5, 0.6) is 0 Å². The van der Waals surface area contributed by atoms with Crippen LogP contribution in [0.15, 0.2) is 18.2 Å². The first-order valence-corrected chi connectivity index (χ1v) is 6.56. The molecule has 1 aliphatic heterocycles. The van der Waals surface area contributed by atoms with Gasteiger partial charge in [0.15, 0.2) is 11.6 Å². The highest BCUT2D eigenvalue weighted by atomic mass is 19.2. The normalized spacial score (nSPS) is 26.4. The fourth-order valence-electron chi connectivity index (χ4n) is 2.72. The fourth-order valence-corrected chi connectivity index (χ4v) is 2.72. The Morgan fingerprint density at radius 1 is 1.32 bits per heavy atom. The lowest BCUT2D eigenvalue weighted by atomic mass is 10.0. The monoisotopic (exact) mass is 270 g/mol. The summed E-state index contributed by atoms with van der Waals surface area (Å²) in [5, 5.41) is 0. The average molecular weight is 270 g/mol. The summed E-state index contributed by atoms with van der Waals surface area (Å²) in [6.45, 7) is 5.53. The molecule has 1 unspecified atom stereocenters. The molecule has 5 heteroatoms. The van der Waals surface area contributed by atoms with E-state index < -0.39 is 11.6 Å². The first kappa shape index (κ1) is 14.4. The molecule has 0 radical (unpaired) electrons. The van der Waals surface area contributed by atoms with Gasteiger partial charge in [0.1, 0.15) is 0 Å². The third-order valence-electron chi connectivity index (χ3n) is 3.45. The summed E-state index contributed by atoms with van der Waals surface area (Å²) < 4.78 is 32.9. The predicted molar refractivity (Wildman–Crippen MR) is 69.7 cm³/mol. The number of hydrogen-bond acceptors (Lipinski definition) is 3. The molecule has 0 aromatic heterocycles. The predicted octanol–water partition coefficient (Wildman–Crippen LogP) is 2.07. The van der Waals surface area contributed by atoms with Crippen LogP contribution in [0.25, 0.3) is 0 Å². The van der Waals surface area contributed by atoms with E-state index in [1.54, 1.807) is 6.07 Å². The highest BCUT2D eigenvalue weighted by molar-refractivity contribution is 5.23. The summed E-state index contributed by atoms with van der Waals surface area (Å²) in [6, 6.07) is 3.92. The van der Waals surface area contributed by atoms with E-state index in [0.717, 1.165) is 6.07 Å². The molecule has 3 nitrogen and oxygen atoms in total. The number of rotatable bonds is 3. The molecule has 1 heterocycles. The quantitative estimate of drug-likeness (QED) is 0.914. The standard InChI is InChI=1S/C14H20F2N2O/c1-9-7-18(8-10(2)19-9)13(6-17)11-4-3-5-12(15)14(11)16/h3-5,9-10,13H,6-8,17H2,1-2H3/t9-,10+,13?. The highest BCUT2D eigenvalue weighted by Crippen LogP contribution is 2.27. The van der Waals surface area contributed by atoms with Gasteiger partial charge in [-0.25, -0.2) is 8.78 Å². The molecule has 1 fully saturated rings. The summed E-state index contributed by atoms with van der Waals surface area (Å²) in [6.07, 6.45) is 0.129. The molecule has 0 aliphatic carbocycles. The van der Waals surface area contributed by atoms with Crippen LogP contribution in [0.3, 0.4) is 0 Å². The number of halogens is 2. The molecule has 19 heavy (non-hydrogen) atoms. The number of morpholine rings is 1. The smallest absolute Gasteiger partial charge is 0.163 e. The molecule has 0 spiro atoms. The van der Waals surface area contributed by atoms with Crippen molar-refractivity contribution in [2.75, 3.05) is 19.6 Å². The number of nitrogens with zero attached hydrogens (tertiary/aromatic N) is 1. The number of benzene rings is 1. The van der Waals surface area contributed by atoms with Crippen LogP contribution < -0.4 is 5.73 Å². The van der Waals surface area contributed by atoms with E-state index in [1.807, 2.05) is 13.8 Å². The third kappa shape index (κ3) is 3.11. The summed E-state index contributed by atoms with van der Waals surface area (Å²) >= 11 is 0. The zero-order valence-corrected chi connectivity index (χ0v) is 11.3. The molecule has 0 saturated carbocycles. The van der Waals surface area contributed by atoms with Crippen molar-refractivity contribution in [1.82, 2.24) is 4.90 Å². The molecule has 106 valence electrons. The van der Waals surface area contributed by atoms with Gasteiger partial charge in [-0.3, -0.25) is 4.90 Å². The van der Waals surface area contributed by atoms with Crippen LogP contribution in [-0.4, -0.2) is 36.7 Å². The van der Waals surface area contributed by atoms with Crippen molar-refractivity contribution >= 4 is 0 Å². The molecular weight excluding hydrogens is 250 g/mol. The van der Waals surface area contributed by atoms with E-state index in [1.165, 1.54) is 6.07 Å². The Morgan fingerprint density at radius 3 is 2.53 bits per heavy atom. The number of hydrogen-bond donors (Lipinski definition) is 1. The van der Waals surface area contributed by atoms with Gasteiger partial charge in [-0.05, 0) is 19.9 Å². The van der Waals surface area contributed by atoms with Gasteiger partial charge in [0.2, 0.25) is 0 Å². The average Bonchev–Trinajstić information content (AvgIpc) is 2.34. The van der Waals surface area contributed by atoms with E-state index in [-0.39, 0.29) is 24.8 Å². The van der Waals surface area contributed by atoms with E-state index in [9.17, 15) is 8.78 Å². The SMILES string of the molecule is C[C@@H]1CN(C(CN)c2cccc(F)c2F)C[C@H](C)O1. The molecule has 0 amide bonds. The minimum absolute atomic E-state index is 0.0643. The van der Waals surface area contributed by atoms with Crippen molar-refractivity contribution in [1.29, 1.82) is 0 Å². The first-order valence-electron chi connectivity index (χ1n) is 6.56. The van der Waals surface area contributed by atoms with Crippen molar-refractivity contribution in [3.8, 4) is 0 Å². The number of ether oxygens (including phenoxy) is 1. The van der Waals surface area contributed by atoms with Gasteiger partial charge in [-0.15, -0.1) is 0 Å². The van der Waals surface area contributed by atoms with E-state index >= 15 is 0 Å². The summed E-state index contributed by atoms with van der Waals surface area (Å²) in [5.41, 5.74) is 6.10. The minimum atomic E-state index is -0.828. The van der Waals surface area contributed by atoms with Crippen LogP contribution in [0.2, 0.25) is 0 Å². The zero-order valence-electron chi connectivity index (χ0n) is 11.3. The maximum absolute atomic E-state index is 13.9. The van der Waals surface area contributed by atoms with Crippen LogP contribution in [0, 0.1) is 11.6 Å². The van der Waals surface area contributed by atoms with Gasteiger partial charge in [0.25, 0.3) is 0 Å². The van der Waals surface area contributed by atoms with Gasteiger partial charge in [-0.2, -0.15) is 0 Å². The fraction of sp³-hybridized carbons (Fsp3) is 0.571. The van der Waals surface area contributed by atoms with Gasteiger partial charge < -0.3 is 10.5 Å². The van der Waals surface area contributed by atoms with Gasteiger partial charge in [0.05, 0.1) is 18.2 Å². The van der Waals surface area contributed by atoms with Crippen LogP contribution >= 0.6 is 0 Å². The van der Waals surface area contributed by atoms with Crippen molar-refractivity contribution in [3.05, 3.63) is 35.4 Å². The Kier molecular flexibility index (Phi) is 4.50. The molecule has 1 aromatic rings. The molecule has 0 bridgehead atoms. The second-order valence-electron chi connectivity index (χ2n) is 5.11. The first-order chi connectivity index (χ1) is 9.02. The van der Waals surface area contributed by atoms with Crippen molar-refractivity contribution < 1.29 is 13.5 Å². The Labute approximate surface area is 112 Å².